The zero-order valence-electron chi connectivity index (χ0n) is 17.1. The number of hydrogen-bond acceptors (Lipinski definition) is 5. The number of anilines is 1. The summed E-state index contributed by atoms with van der Waals surface area (Å²) in [6, 6.07) is 6.19. The molecule has 174 valence electrons. The molecule has 2 aromatic rings. The first-order valence-electron chi connectivity index (χ1n) is 9.34. The first-order valence-corrected chi connectivity index (χ1v) is 10.8. The molecule has 0 saturated heterocycles. The molecule has 0 aliphatic carbocycles. The lowest BCUT2D eigenvalue weighted by molar-refractivity contribution is -0.137. The number of rotatable bonds is 8. The Morgan fingerprint density at radius 1 is 1.03 bits per heavy atom. The highest BCUT2D eigenvalue weighted by Gasteiger charge is 2.30. The Kier molecular flexibility index (Phi) is 7.97. The van der Waals surface area contributed by atoms with E-state index in [9.17, 15) is 35.6 Å². The van der Waals surface area contributed by atoms with Gasteiger partial charge in [-0.2, -0.15) is 17.5 Å². The van der Waals surface area contributed by atoms with Crippen LogP contribution in [0.4, 0.5) is 23.2 Å². The van der Waals surface area contributed by atoms with Crippen molar-refractivity contribution in [1.82, 2.24) is 4.31 Å². The van der Waals surface area contributed by atoms with Crippen molar-refractivity contribution in [3.8, 4) is 0 Å². The summed E-state index contributed by atoms with van der Waals surface area (Å²) in [7, 11) is -3.96. The molecular weight excluding hydrogens is 456 g/mol. The van der Waals surface area contributed by atoms with Crippen LogP contribution in [0.2, 0.25) is 0 Å². The molecule has 0 aliphatic rings. The minimum atomic E-state index is -4.53. The van der Waals surface area contributed by atoms with E-state index in [0.717, 1.165) is 46.8 Å². The molecule has 0 bridgehead atoms. The summed E-state index contributed by atoms with van der Waals surface area (Å²) >= 11 is 0. The number of sulfonamides is 1. The van der Waals surface area contributed by atoms with Crippen LogP contribution in [-0.4, -0.2) is 44.3 Å². The molecule has 0 aliphatic heterocycles. The van der Waals surface area contributed by atoms with Gasteiger partial charge in [-0.3, -0.25) is 4.79 Å². The first-order chi connectivity index (χ1) is 14.9. The quantitative estimate of drug-likeness (QED) is 0.464. The summed E-state index contributed by atoms with van der Waals surface area (Å²) in [6.07, 6.45) is -4.53. The fraction of sp³-hybridized carbons (Fsp3) is 0.300. The lowest BCUT2D eigenvalue weighted by Gasteiger charge is -2.18. The van der Waals surface area contributed by atoms with Crippen molar-refractivity contribution >= 4 is 27.6 Å². The minimum absolute atomic E-state index is 0.0255. The van der Waals surface area contributed by atoms with Gasteiger partial charge in [-0.1, -0.05) is 13.8 Å². The summed E-state index contributed by atoms with van der Waals surface area (Å²) in [5.41, 5.74) is -1.56. The molecule has 0 fully saturated rings. The maximum atomic E-state index is 14.1. The molecule has 32 heavy (non-hydrogen) atoms. The van der Waals surface area contributed by atoms with Crippen LogP contribution in [0, 0.1) is 5.82 Å². The monoisotopic (exact) mass is 476 g/mol. The number of nitrogens with zero attached hydrogens (tertiary/aromatic N) is 1. The van der Waals surface area contributed by atoms with E-state index in [-0.39, 0.29) is 23.7 Å². The van der Waals surface area contributed by atoms with Crippen molar-refractivity contribution in [2.75, 3.05) is 25.0 Å². The molecular formula is C20H20F4N2O5S. The molecule has 0 atom stereocenters. The summed E-state index contributed by atoms with van der Waals surface area (Å²) in [6.45, 7) is 2.70. The van der Waals surface area contributed by atoms with Crippen LogP contribution in [-0.2, 0) is 25.7 Å². The fourth-order valence-corrected chi connectivity index (χ4v) is 4.17. The van der Waals surface area contributed by atoms with E-state index < -0.39 is 51.6 Å². The highest BCUT2D eigenvalue weighted by atomic mass is 32.2. The Bertz CT molecular complexity index is 1080. The van der Waals surface area contributed by atoms with Gasteiger partial charge < -0.3 is 10.1 Å². The van der Waals surface area contributed by atoms with Gasteiger partial charge in [-0.15, -0.1) is 0 Å². The van der Waals surface area contributed by atoms with Crippen molar-refractivity contribution in [1.29, 1.82) is 0 Å². The van der Waals surface area contributed by atoms with Gasteiger partial charge in [0.05, 0.1) is 16.0 Å². The molecule has 0 unspecified atom stereocenters. The third-order valence-electron chi connectivity index (χ3n) is 4.33. The minimum Gasteiger partial charge on any atom is -0.452 e. The largest absolute Gasteiger partial charge is 0.452 e. The van der Waals surface area contributed by atoms with Gasteiger partial charge in [0.2, 0.25) is 10.0 Å². The summed E-state index contributed by atoms with van der Waals surface area (Å²) in [5.74, 6) is -3.20. The average molecular weight is 476 g/mol. The maximum absolute atomic E-state index is 14.1. The lowest BCUT2D eigenvalue weighted by Crippen LogP contribution is -2.30. The fourth-order valence-electron chi connectivity index (χ4n) is 2.68. The molecule has 12 heteroatoms. The number of nitrogens with one attached hydrogen (secondary N) is 1. The third kappa shape index (κ3) is 6.04. The van der Waals surface area contributed by atoms with Crippen molar-refractivity contribution in [2.45, 2.75) is 24.9 Å². The van der Waals surface area contributed by atoms with E-state index in [1.54, 1.807) is 13.8 Å². The number of carbonyl (C=O) groups excluding carboxylic acids is 2. The number of hydrogen-bond donors (Lipinski definition) is 1. The number of benzene rings is 2. The van der Waals surface area contributed by atoms with Gasteiger partial charge in [0.25, 0.3) is 5.91 Å². The summed E-state index contributed by atoms with van der Waals surface area (Å²) < 4.78 is 82.7. The first kappa shape index (κ1) is 25.3. The molecule has 0 radical (unpaired) electrons. The van der Waals surface area contributed by atoms with E-state index in [0.29, 0.717) is 0 Å². The van der Waals surface area contributed by atoms with Crippen LogP contribution < -0.4 is 5.32 Å². The smallest absolute Gasteiger partial charge is 0.416 e. The van der Waals surface area contributed by atoms with Gasteiger partial charge in [0.1, 0.15) is 5.82 Å². The molecule has 1 N–H and O–H groups in total. The lowest BCUT2D eigenvalue weighted by atomic mass is 10.2. The van der Waals surface area contributed by atoms with Crippen LogP contribution in [0.3, 0.4) is 0 Å². The van der Waals surface area contributed by atoms with Crippen molar-refractivity contribution in [3.05, 3.63) is 59.4 Å². The topological polar surface area (TPSA) is 92.8 Å². The Morgan fingerprint density at radius 3 is 2.16 bits per heavy atom. The third-order valence-corrected chi connectivity index (χ3v) is 6.38. The number of alkyl halides is 3. The van der Waals surface area contributed by atoms with Gasteiger partial charge >= 0.3 is 12.1 Å². The van der Waals surface area contributed by atoms with Gasteiger partial charge in [-0.25, -0.2) is 17.6 Å². The van der Waals surface area contributed by atoms with E-state index in [2.05, 4.69) is 5.32 Å². The van der Waals surface area contributed by atoms with Crippen molar-refractivity contribution < 1.29 is 40.3 Å². The highest BCUT2D eigenvalue weighted by Crippen LogP contribution is 2.29. The Hall–Kier alpha value is -2.99. The Morgan fingerprint density at radius 2 is 1.62 bits per heavy atom. The van der Waals surface area contributed by atoms with E-state index in [1.807, 2.05) is 0 Å². The summed E-state index contributed by atoms with van der Waals surface area (Å²) in [5, 5.41) is 2.23. The average Bonchev–Trinajstić information content (AvgIpc) is 2.72. The van der Waals surface area contributed by atoms with E-state index >= 15 is 0 Å². The Balaban J connectivity index is 2.07. The van der Waals surface area contributed by atoms with Crippen LogP contribution in [0.5, 0.6) is 0 Å². The predicted molar refractivity (Wildman–Crippen MR) is 107 cm³/mol. The normalized spacial score (nSPS) is 12.0. The summed E-state index contributed by atoms with van der Waals surface area (Å²) in [4.78, 5) is 23.8. The van der Waals surface area contributed by atoms with Gasteiger partial charge in [0, 0.05) is 18.8 Å². The highest BCUT2D eigenvalue weighted by molar-refractivity contribution is 7.89. The number of esters is 1. The zero-order valence-corrected chi connectivity index (χ0v) is 17.9. The molecule has 2 aromatic carbocycles. The number of halogens is 4. The van der Waals surface area contributed by atoms with Crippen LogP contribution in [0.1, 0.15) is 29.8 Å². The number of carbonyl (C=O) groups is 2. The molecule has 7 nitrogen and oxygen atoms in total. The van der Waals surface area contributed by atoms with Crippen molar-refractivity contribution in [2.24, 2.45) is 0 Å². The number of amides is 1. The molecule has 1 amide bonds. The zero-order chi connectivity index (χ0) is 24.1. The maximum Gasteiger partial charge on any atom is 0.416 e. The standard InChI is InChI=1S/C20H20F4N2O5S/c1-3-26(4-2)32(29,30)15-9-10-17(21)16(11-15)19(28)31-12-18(27)25-14-7-5-13(6-8-14)20(22,23)24/h5-11H,3-4,12H2,1-2H3,(H,25,27). The van der Waals surface area contributed by atoms with E-state index in [1.165, 1.54) is 0 Å². The SMILES string of the molecule is CCN(CC)S(=O)(=O)c1ccc(F)c(C(=O)OCC(=O)Nc2ccc(C(F)(F)F)cc2)c1. The second kappa shape index (κ2) is 10.1. The van der Waals surface area contributed by atoms with Crippen LogP contribution in [0.25, 0.3) is 0 Å². The molecule has 0 aromatic heterocycles. The van der Waals surface area contributed by atoms with Crippen molar-refractivity contribution in [3.63, 3.8) is 0 Å². The second-order valence-electron chi connectivity index (χ2n) is 6.43. The van der Waals surface area contributed by atoms with Gasteiger partial charge in [-0.05, 0) is 42.5 Å². The second-order valence-corrected chi connectivity index (χ2v) is 8.37. The van der Waals surface area contributed by atoms with Crippen LogP contribution in [0.15, 0.2) is 47.4 Å². The molecule has 2 rings (SSSR count). The predicted octanol–water partition coefficient (Wildman–Crippen LogP) is 3.67. The Labute approximate surface area is 182 Å². The molecule has 0 spiro atoms. The molecule has 0 heterocycles. The van der Waals surface area contributed by atoms with E-state index in [4.69, 9.17) is 4.74 Å². The molecule has 0 saturated carbocycles. The van der Waals surface area contributed by atoms with Gasteiger partial charge in [0.15, 0.2) is 6.61 Å². The number of ether oxygens (including phenoxy) is 1. The van der Waals surface area contributed by atoms with Crippen LogP contribution >= 0.6 is 0 Å².